The number of hydrogen-bond donors (Lipinski definition) is 1. The molecule has 0 aliphatic heterocycles. The van der Waals surface area contributed by atoms with Gasteiger partial charge in [-0.15, -0.1) is 0 Å². The maximum atomic E-state index is 4.67. The van der Waals surface area contributed by atoms with Crippen LogP contribution in [-0.2, 0) is 5.41 Å². The minimum atomic E-state index is 0.165. The first-order chi connectivity index (χ1) is 8.34. The third-order valence-corrected chi connectivity index (χ3v) is 3.59. The van der Waals surface area contributed by atoms with Crippen molar-refractivity contribution in [3.8, 4) is 0 Å². The van der Waals surface area contributed by atoms with Crippen LogP contribution in [-0.4, -0.2) is 12.0 Å². The number of nitrogens with one attached hydrogen (secondary N) is 1. The molecule has 2 rings (SSSR count). The standard InChI is InChI=1S/C16H22N2/c1-10-11(2)18-14-8-7-12(16(3,4)5)9-13(14)15(10)17-6/h7-9H,1-6H3,(H,17,18). The second-order valence-corrected chi connectivity index (χ2v) is 5.93. The molecule has 0 saturated carbocycles. The van der Waals surface area contributed by atoms with Crippen LogP contribution in [0.5, 0.6) is 0 Å². The Labute approximate surface area is 109 Å². The zero-order valence-electron chi connectivity index (χ0n) is 12.2. The van der Waals surface area contributed by atoms with Crippen molar-refractivity contribution in [3.05, 3.63) is 35.0 Å². The molecule has 2 heteroatoms. The summed E-state index contributed by atoms with van der Waals surface area (Å²) >= 11 is 0. The van der Waals surface area contributed by atoms with Gasteiger partial charge in [0.15, 0.2) is 0 Å². The lowest BCUT2D eigenvalue weighted by Gasteiger charge is -2.20. The van der Waals surface area contributed by atoms with Gasteiger partial charge in [-0.1, -0.05) is 26.8 Å². The molecule has 0 atom stereocenters. The van der Waals surface area contributed by atoms with Gasteiger partial charge in [-0.2, -0.15) is 0 Å². The lowest BCUT2D eigenvalue weighted by molar-refractivity contribution is 0.591. The van der Waals surface area contributed by atoms with Gasteiger partial charge in [0.2, 0.25) is 0 Å². The minimum absolute atomic E-state index is 0.165. The van der Waals surface area contributed by atoms with Crippen molar-refractivity contribution in [3.63, 3.8) is 0 Å². The third-order valence-electron chi connectivity index (χ3n) is 3.59. The van der Waals surface area contributed by atoms with Crippen molar-refractivity contribution in [1.82, 2.24) is 4.98 Å². The van der Waals surface area contributed by atoms with E-state index in [1.807, 2.05) is 7.05 Å². The largest absolute Gasteiger partial charge is 0.387 e. The molecule has 0 saturated heterocycles. The van der Waals surface area contributed by atoms with Crippen LogP contribution in [0.4, 0.5) is 5.69 Å². The Bertz CT molecular complexity index is 592. The highest BCUT2D eigenvalue weighted by atomic mass is 14.8. The fraction of sp³-hybridized carbons (Fsp3) is 0.438. The van der Waals surface area contributed by atoms with Crippen LogP contribution in [0.15, 0.2) is 18.2 Å². The Balaban J connectivity index is 2.80. The number of fused-ring (bicyclic) bond motifs is 1. The van der Waals surface area contributed by atoms with Gasteiger partial charge in [-0.3, -0.25) is 4.98 Å². The second kappa shape index (κ2) is 4.27. The summed E-state index contributed by atoms with van der Waals surface area (Å²) < 4.78 is 0. The molecule has 1 aromatic heterocycles. The summed E-state index contributed by atoms with van der Waals surface area (Å²) in [5.41, 5.74) is 6.10. The summed E-state index contributed by atoms with van der Waals surface area (Å²) in [7, 11) is 1.98. The van der Waals surface area contributed by atoms with Gasteiger partial charge in [0, 0.05) is 23.8 Å². The molecule has 2 aromatic rings. The number of benzene rings is 1. The maximum absolute atomic E-state index is 4.67. The highest BCUT2D eigenvalue weighted by molar-refractivity contribution is 5.93. The second-order valence-electron chi connectivity index (χ2n) is 5.93. The van der Waals surface area contributed by atoms with Crippen LogP contribution in [0.1, 0.15) is 37.6 Å². The summed E-state index contributed by atoms with van der Waals surface area (Å²) in [5, 5.41) is 4.53. The van der Waals surface area contributed by atoms with Crippen molar-refractivity contribution < 1.29 is 0 Å². The summed E-state index contributed by atoms with van der Waals surface area (Å²) in [4.78, 5) is 4.67. The zero-order chi connectivity index (χ0) is 13.5. The Morgan fingerprint density at radius 2 is 1.78 bits per heavy atom. The number of aryl methyl sites for hydroxylation is 1. The summed E-state index contributed by atoms with van der Waals surface area (Å²) in [5.74, 6) is 0. The van der Waals surface area contributed by atoms with Crippen LogP contribution in [0.2, 0.25) is 0 Å². The Morgan fingerprint density at radius 1 is 1.11 bits per heavy atom. The first-order valence-corrected chi connectivity index (χ1v) is 6.44. The normalized spacial score (nSPS) is 11.9. The van der Waals surface area contributed by atoms with Crippen LogP contribution in [0, 0.1) is 13.8 Å². The van der Waals surface area contributed by atoms with E-state index in [4.69, 9.17) is 0 Å². The molecule has 18 heavy (non-hydrogen) atoms. The van der Waals surface area contributed by atoms with Crippen molar-refractivity contribution in [2.24, 2.45) is 0 Å². The molecule has 96 valence electrons. The van der Waals surface area contributed by atoms with E-state index in [2.05, 4.69) is 63.1 Å². The van der Waals surface area contributed by atoms with E-state index >= 15 is 0 Å². The Hall–Kier alpha value is -1.57. The van der Waals surface area contributed by atoms with E-state index in [0.717, 1.165) is 11.2 Å². The van der Waals surface area contributed by atoms with Gasteiger partial charge < -0.3 is 5.32 Å². The summed E-state index contributed by atoms with van der Waals surface area (Å²) in [6.07, 6.45) is 0. The average molecular weight is 242 g/mol. The van der Waals surface area contributed by atoms with Gasteiger partial charge in [0.05, 0.1) is 5.52 Å². The quantitative estimate of drug-likeness (QED) is 0.811. The molecule has 0 aliphatic rings. The molecular weight excluding hydrogens is 220 g/mol. The van der Waals surface area contributed by atoms with Crippen molar-refractivity contribution in [2.75, 3.05) is 12.4 Å². The molecule has 0 amide bonds. The average Bonchev–Trinajstić information content (AvgIpc) is 2.29. The van der Waals surface area contributed by atoms with Crippen LogP contribution < -0.4 is 5.32 Å². The summed E-state index contributed by atoms with van der Waals surface area (Å²) in [6, 6.07) is 6.58. The fourth-order valence-corrected chi connectivity index (χ4v) is 2.27. The topological polar surface area (TPSA) is 24.9 Å². The molecule has 0 spiro atoms. The Morgan fingerprint density at radius 3 is 2.33 bits per heavy atom. The van der Waals surface area contributed by atoms with Gasteiger partial charge in [0.1, 0.15) is 0 Å². The highest BCUT2D eigenvalue weighted by Crippen LogP contribution is 2.31. The number of nitrogens with zero attached hydrogens (tertiary/aromatic N) is 1. The first-order valence-electron chi connectivity index (χ1n) is 6.44. The van der Waals surface area contributed by atoms with Crippen molar-refractivity contribution >= 4 is 16.6 Å². The number of anilines is 1. The monoisotopic (exact) mass is 242 g/mol. The molecule has 1 N–H and O–H groups in total. The van der Waals surface area contributed by atoms with E-state index < -0.39 is 0 Å². The molecule has 0 unspecified atom stereocenters. The molecule has 1 heterocycles. The van der Waals surface area contributed by atoms with Gasteiger partial charge in [0.25, 0.3) is 0 Å². The fourth-order valence-electron chi connectivity index (χ4n) is 2.27. The van der Waals surface area contributed by atoms with Crippen LogP contribution in [0.3, 0.4) is 0 Å². The molecule has 0 aliphatic carbocycles. The molecule has 0 bridgehead atoms. The van der Waals surface area contributed by atoms with E-state index in [0.29, 0.717) is 0 Å². The van der Waals surface area contributed by atoms with Gasteiger partial charge in [-0.05, 0) is 42.5 Å². The lowest BCUT2D eigenvalue weighted by Crippen LogP contribution is -2.11. The predicted octanol–water partition coefficient (Wildman–Crippen LogP) is 4.19. The molecule has 2 nitrogen and oxygen atoms in total. The maximum Gasteiger partial charge on any atom is 0.0726 e. The number of aromatic nitrogens is 1. The van der Waals surface area contributed by atoms with Crippen LogP contribution in [0.25, 0.3) is 10.9 Å². The summed E-state index contributed by atoms with van der Waals surface area (Å²) in [6.45, 7) is 10.9. The molecule has 0 radical (unpaired) electrons. The third kappa shape index (κ3) is 2.07. The predicted molar refractivity (Wildman–Crippen MR) is 79.5 cm³/mol. The lowest BCUT2D eigenvalue weighted by atomic mass is 9.86. The zero-order valence-corrected chi connectivity index (χ0v) is 12.2. The SMILES string of the molecule is CNc1c(C)c(C)nc2ccc(C(C)(C)C)cc12. The van der Waals surface area contributed by atoms with Gasteiger partial charge >= 0.3 is 0 Å². The first kappa shape index (κ1) is 12.9. The van der Waals surface area contributed by atoms with Crippen LogP contribution >= 0.6 is 0 Å². The number of hydrogen-bond acceptors (Lipinski definition) is 2. The van der Waals surface area contributed by atoms with Crippen molar-refractivity contribution in [1.29, 1.82) is 0 Å². The number of pyridine rings is 1. The minimum Gasteiger partial charge on any atom is -0.387 e. The number of rotatable bonds is 1. The van der Waals surface area contributed by atoms with E-state index in [1.54, 1.807) is 0 Å². The van der Waals surface area contributed by atoms with E-state index in [9.17, 15) is 0 Å². The van der Waals surface area contributed by atoms with Gasteiger partial charge in [-0.25, -0.2) is 0 Å². The molecular formula is C16H22N2. The van der Waals surface area contributed by atoms with E-state index in [1.165, 1.54) is 22.2 Å². The molecule has 1 aromatic carbocycles. The smallest absolute Gasteiger partial charge is 0.0726 e. The Kier molecular flexibility index (Phi) is 3.05. The van der Waals surface area contributed by atoms with E-state index in [-0.39, 0.29) is 5.41 Å². The molecule has 0 fully saturated rings. The van der Waals surface area contributed by atoms with Crippen molar-refractivity contribution in [2.45, 2.75) is 40.0 Å². The highest BCUT2D eigenvalue weighted by Gasteiger charge is 2.16.